The van der Waals surface area contributed by atoms with Crippen LogP contribution in [0.4, 0.5) is 13.2 Å². The van der Waals surface area contributed by atoms with Crippen molar-refractivity contribution in [3.63, 3.8) is 0 Å². The maximum atomic E-state index is 12.7. The number of carboxylic acids is 1. The Kier molecular flexibility index (Phi) is 5.12. The van der Waals surface area contributed by atoms with Crippen LogP contribution in [0.2, 0.25) is 0 Å². The number of ether oxygens (including phenoxy) is 1. The zero-order valence-electron chi connectivity index (χ0n) is 11.4. The van der Waals surface area contributed by atoms with Crippen molar-refractivity contribution in [3.8, 4) is 0 Å². The van der Waals surface area contributed by atoms with Crippen LogP contribution >= 0.6 is 0 Å². The number of hydrogen-bond donors (Lipinski definition) is 1. The third-order valence-electron chi connectivity index (χ3n) is 2.38. The van der Waals surface area contributed by atoms with Gasteiger partial charge in [0.1, 0.15) is 0 Å². The molecule has 1 unspecified atom stereocenters. The summed E-state index contributed by atoms with van der Waals surface area (Å²) in [5, 5.41) is 15.5. The zero-order valence-corrected chi connectivity index (χ0v) is 11.4. The molecule has 0 aliphatic carbocycles. The molecule has 1 amide bonds. The summed E-state index contributed by atoms with van der Waals surface area (Å²) >= 11 is 0. The normalized spacial score (nSPS) is 12.6. The molecule has 1 N–H and O–H groups in total. The molecule has 1 atom stereocenters. The topological polar surface area (TPSA) is 113 Å². The summed E-state index contributed by atoms with van der Waals surface area (Å²) < 4.78 is 43.3. The quantitative estimate of drug-likeness (QED) is 0.541. The fraction of sp³-hybridized carbons (Fsp3) is 0.455. The Balaban J connectivity index is 3.06. The molecular weight excluding hydrogens is 311 g/mol. The molecule has 122 valence electrons. The minimum absolute atomic E-state index is 0.181. The lowest BCUT2D eigenvalue weighted by Crippen LogP contribution is -2.53. The molecule has 0 aliphatic heterocycles. The van der Waals surface area contributed by atoms with E-state index in [9.17, 15) is 32.7 Å². The fourth-order valence-corrected chi connectivity index (χ4v) is 1.51. The van der Waals surface area contributed by atoms with Gasteiger partial charge in [-0.2, -0.15) is 18.3 Å². The summed E-state index contributed by atoms with van der Waals surface area (Å²) in [6.07, 6.45) is -4.18. The Hall–Kier alpha value is -2.59. The molecule has 0 bridgehead atoms. The number of hydrogen-bond acceptors (Lipinski definition) is 6. The van der Waals surface area contributed by atoms with Crippen LogP contribution in [0.25, 0.3) is 0 Å². The Morgan fingerprint density at radius 2 is 2.05 bits per heavy atom. The molecule has 1 heterocycles. The number of carboxylic acid groups (broad SMARTS) is 1. The van der Waals surface area contributed by atoms with Crippen molar-refractivity contribution in [1.29, 1.82) is 0 Å². The van der Waals surface area contributed by atoms with E-state index in [2.05, 4.69) is 9.84 Å². The summed E-state index contributed by atoms with van der Waals surface area (Å²) in [5.41, 5.74) is -2.43. The lowest BCUT2D eigenvalue weighted by atomic mass is 10.2. The molecule has 1 rings (SSSR count). The van der Waals surface area contributed by atoms with Gasteiger partial charge in [-0.15, -0.1) is 0 Å². The van der Waals surface area contributed by atoms with Crippen LogP contribution in [0, 0.1) is 0 Å². The minimum Gasteiger partial charge on any atom is -0.547 e. The average Bonchev–Trinajstić information content (AvgIpc) is 2.77. The van der Waals surface area contributed by atoms with Crippen molar-refractivity contribution in [1.82, 2.24) is 15.1 Å². The van der Waals surface area contributed by atoms with E-state index in [1.165, 1.54) is 6.92 Å². The highest BCUT2D eigenvalue weighted by atomic mass is 19.4. The number of nitrogens with zero attached hydrogens (tertiary/aromatic N) is 2. The highest BCUT2D eigenvalue weighted by molar-refractivity contribution is 6.04. The highest BCUT2D eigenvalue weighted by Crippen LogP contribution is 2.30. The number of aliphatic carboxylic acids is 1. The van der Waals surface area contributed by atoms with E-state index in [1.54, 1.807) is 5.32 Å². The van der Waals surface area contributed by atoms with E-state index in [-0.39, 0.29) is 6.61 Å². The first-order chi connectivity index (χ1) is 10.1. The van der Waals surface area contributed by atoms with Crippen LogP contribution in [-0.4, -0.2) is 40.3 Å². The van der Waals surface area contributed by atoms with Crippen molar-refractivity contribution in [2.45, 2.75) is 19.1 Å². The third-order valence-corrected chi connectivity index (χ3v) is 2.38. The Bertz CT molecular complexity index is 596. The van der Waals surface area contributed by atoms with Gasteiger partial charge in [-0.25, -0.2) is 4.79 Å². The molecule has 1 aromatic rings. The van der Waals surface area contributed by atoms with Crippen molar-refractivity contribution in [3.05, 3.63) is 17.5 Å². The first-order valence-electron chi connectivity index (χ1n) is 5.87. The molecule has 0 saturated carbocycles. The van der Waals surface area contributed by atoms with Crippen LogP contribution in [0.5, 0.6) is 0 Å². The van der Waals surface area contributed by atoms with E-state index < -0.39 is 41.3 Å². The number of alkyl halides is 3. The standard InChI is InChI=1S/C11H12F3N3O5/c1-3-22-10(21)6(9(19)20)15-8(18)5-4-17(2)16-7(5)11(12,13)14/h4,6H,3H2,1-2H3,(H,15,18)(H,19,20)/p-1. The van der Waals surface area contributed by atoms with Gasteiger partial charge in [0.2, 0.25) is 0 Å². The number of esters is 1. The van der Waals surface area contributed by atoms with Gasteiger partial charge in [-0.3, -0.25) is 9.48 Å². The van der Waals surface area contributed by atoms with Crippen LogP contribution < -0.4 is 10.4 Å². The van der Waals surface area contributed by atoms with Gasteiger partial charge in [-0.1, -0.05) is 0 Å². The number of aromatic nitrogens is 2. The van der Waals surface area contributed by atoms with Gasteiger partial charge in [0.25, 0.3) is 5.91 Å². The predicted molar refractivity (Wildman–Crippen MR) is 61.1 cm³/mol. The zero-order chi connectivity index (χ0) is 17.1. The number of aryl methyl sites for hydroxylation is 1. The van der Waals surface area contributed by atoms with E-state index in [0.29, 0.717) is 0 Å². The summed E-state index contributed by atoms with van der Waals surface area (Å²) in [6.45, 7) is 1.20. The summed E-state index contributed by atoms with van der Waals surface area (Å²) in [6, 6.07) is -2.23. The second-order valence-corrected chi connectivity index (χ2v) is 4.04. The number of rotatable bonds is 5. The van der Waals surface area contributed by atoms with Crippen LogP contribution in [-0.2, 0) is 27.5 Å². The van der Waals surface area contributed by atoms with Crippen LogP contribution in [0.1, 0.15) is 23.0 Å². The minimum atomic E-state index is -4.92. The van der Waals surface area contributed by atoms with Crippen LogP contribution in [0.15, 0.2) is 6.20 Å². The highest BCUT2D eigenvalue weighted by Gasteiger charge is 2.39. The molecule has 1 aromatic heterocycles. The SMILES string of the molecule is CCOC(=O)C(NC(=O)c1cn(C)nc1C(F)(F)F)C(=O)[O-]. The maximum Gasteiger partial charge on any atom is 0.435 e. The van der Waals surface area contributed by atoms with Crippen molar-refractivity contribution in [2.75, 3.05) is 6.61 Å². The number of amides is 1. The molecule has 8 nitrogen and oxygen atoms in total. The van der Waals surface area contributed by atoms with E-state index in [4.69, 9.17) is 0 Å². The molecule has 22 heavy (non-hydrogen) atoms. The Labute approximate surface area is 121 Å². The van der Waals surface area contributed by atoms with Gasteiger partial charge >= 0.3 is 12.1 Å². The van der Waals surface area contributed by atoms with Crippen molar-refractivity contribution >= 4 is 17.8 Å². The van der Waals surface area contributed by atoms with Crippen molar-refractivity contribution < 1.29 is 37.4 Å². The largest absolute Gasteiger partial charge is 0.547 e. The molecule has 0 aromatic carbocycles. The molecule has 0 radical (unpaired) electrons. The number of carbonyl (C=O) groups excluding carboxylic acids is 3. The van der Waals surface area contributed by atoms with E-state index in [0.717, 1.165) is 17.9 Å². The molecule has 11 heteroatoms. The Morgan fingerprint density at radius 3 is 2.50 bits per heavy atom. The lowest BCUT2D eigenvalue weighted by molar-refractivity contribution is -0.307. The molecule has 0 aliphatic rings. The van der Waals surface area contributed by atoms with Gasteiger partial charge in [0, 0.05) is 13.2 Å². The monoisotopic (exact) mass is 322 g/mol. The molecule has 0 spiro atoms. The number of carbonyl (C=O) groups is 3. The van der Waals surface area contributed by atoms with Gasteiger partial charge in [0.05, 0.1) is 18.1 Å². The average molecular weight is 322 g/mol. The first kappa shape index (κ1) is 17.5. The summed E-state index contributed by atoms with van der Waals surface area (Å²) in [5.74, 6) is -4.81. The second-order valence-electron chi connectivity index (χ2n) is 4.04. The Morgan fingerprint density at radius 1 is 1.45 bits per heavy atom. The van der Waals surface area contributed by atoms with E-state index in [1.807, 2.05) is 0 Å². The smallest absolute Gasteiger partial charge is 0.435 e. The van der Waals surface area contributed by atoms with E-state index >= 15 is 0 Å². The number of nitrogens with one attached hydrogen (secondary N) is 1. The van der Waals surface area contributed by atoms with Crippen LogP contribution in [0.3, 0.4) is 0 Å². The second kappa shape index (κ2) is 6.45. The maximum absolute atomic E-state index is 12.7. The fourth-order valence-electron chi connectivity index (χ4n) is 1.51. The number of halogens is 3. The van der Waals surface area contributed by atoms with Crippen molar-refractivity contribution in [2.24, 2.45) is 7.05 Å². The molecule has 0 saturated heterocycles. The van der Waals surface area contributed by atoms with Gasteiger partial charge in [0.15, 0.2) is 11.7 Å². The van der Waals surface area contributed by atoms with Gasteiger partial charge < -0.3 is 20.0 Å². The predicted octanol–water partition coefficient (Wildman–Crippen LogP) is -1.15. The molecular formula is C11H11F3N3O5-. The van der Waals surface area contributed by atoms with Gasteiger partial charge in [-0.05, 0) is 6.92 Å². The first-order valence-corrected chi connectivity index (χ1v) is 5.87. The summed E-state index contributed by atoms with van der Waals surface area (Å²) in [4.78, 5) is 33.9. The summed E-state index contributed by atoms with van der Waals surface area (Å²) in [7, 11) is 1.15. The molecule has 0 fully saturated rings. The third kappa shape index (κ3) is 3.96. The lowest BCUT2D eigenvalue weighted by Gasteiger charge is -2.18.